The summed E-state index contributed by atoms with van der Waals surface area (Å²) in [6.07, 6.45) is 1.53. The van der Waals surface area contributed by atoms with Crippen LogP contribution in [0.2, 0.25) is 0 Å². The van der Waals surface area contributed by atoms with Gasteiger partial charge in [0.2, 0.25) is 0 Å². The highest BCUT2D eigenvalue weighted by molar-refractivity contribution is 7.22. The topological polar surface area (TPSA) is 52.0 Å². The molecule has 16 heavy (non-hydrogen) atoms. The van der Waals surface area contributed by atoms with Gasteiger partial charge in [0, 0.05) is 4.70 Å². The van der Waals surface area contributed by atoms with E-state index in [-0.39, 0.29) is 0 Å². The van der Waals surface area contributed by atoms with Crippen LogP contribution in [0.3, 0.4) is 0 Å². The van der Waals surface area contributed by atoms with E-state index in [1.165, 1.54) is 21.8 Å². The van der Waals surface area contributed by atoms with Gasteiger partial charge in [0.1, 0.15) is 5.69 Å². The zero-order valence-electron chi connectivity index (χ0n) is 8.73. The largest absolute Gasteiger partial charge is 0.394 e. The summed E-state index contributed by atoms with van der Waals surface area (Å²) >= 11 is 1.68. The third kappa shape index (κ3) is 1.31. The van der Waals surface area contributed by atoms with Crippen LogP contribution in [-0.2, 0) is 0 Å². The van der Waals surface area contributed by atoms with Gasteiger partial charge in [0.05, 0.1) is 11.1 Å². The number of benzene rings is 1. The first-order valence-corrected chi connectivity index (χ1v) is 5.77. The quantitative estimate of drug-likeness (QED) is 0.696. The number of aryl methyl sites for hydroxylation is 1. The van der Waals surface area contributed by atoms with Crippen molar-refractivity contribution in [2.45, 2.75) is 6.92 Å². The molecule has 0 saturated carbocycles. The Morgan fingerprint density at radius 2 is 2.25 bits per heavy atom. The van der Waals surface area contributed by atoms with E-state index in [1.54, 1.807) is 11.3 Å². The highest BCUT2D eigenvalue weighted by atomic mass is 32.1. The third-order valence-electron chi connectivity index (χ3n) is 2.56. The maximum atomic E-state index is 5.78. The third-order valence-corrected chi connectivity index (χ3v) is 3.85. The molecular weight excluding hydrogens is 220 g/mol. The molecule has 0 unspecified atom stereocenters. The van der Waals surface area contributed by atoms with E-state index in [9.17, 15) is 0 Å². The van der Waals surface area contributed by atoms with Crippen LogP contribution in [0, 0.1) is 6.92 Å². The van der Waals surface area contributed by atoms with Gasteiger partial charge in [-0.3, -0.25) is 0 Å². The van der Waals surface area contributed by atoms with E-state index >= 15 is 0 Å². The zero-order valence-corrected chi connectivity index (χ0v) is 9.54. The van der Waals surface area contributed by atoms with Gasteiger partial charge in [-0.25, -0.2) is 0 Å². The Morgan fingerprint density at radius 1 is 1.38 bits per heavy atom. The van der Waals surface area contributed by atoms with E-state index in [1.807, 2.05) is 0 Å². The second kappa shape index (κ2) is 3.35. The minimum Gasteiger partial charge on any atom is -0.394 e. The molecule has 0 bridgehead atoms. The number of fused-ring (bicyclic) bond motifs is 1. The van der Waals surface area contributed by atoms with Gasteiger partial charge < -0.3 is 10.3 Å². The molecule has 3 rings (SSSR count). The van der Waals surface area contributed by atoms with Gasteiger partial charge in [-0.1, -0.05) is 23.4 Å². The monoisotopic (exact) mass is 230 g/mol. The van der Waals surface area contributed by atoms with E-state index in [0.29, 0.717) is 11.4 Å². The Morgan fingerprint density at radius 3 is 2.94 bits per heavy atom. The summed E-state index contributed by atoms with van der Waals surface area (Å²) in [7, 11) is 0. The SMILES string of the molecule is Cc1cccc2cc(-c3oncc3N)sc12. The first-order valence-electron chi connectivity index (χ1n) is 4.95. The lowest BCUT2D eigenvalue weighted by Crippen LogP contribution is -1.81. The maximum absolute atomic E-state index is 5.78. The van der Waals surface area contributed by atoms with Gasteiger partial charge in [0.25, 0.3) is 0 Å². The minimum atomic E-state index is 0.587. The minimum absolute atomic E-state index is 0.587. The molecule has 0 fully saturated rings. The van der Waals surface area contributed by atoms with Gasteiger partial charge in [-0.2, -0.15) is 0 Å². The second-order valence-electron chi connectivity index (χ2n) is 3.71. The normalized spacial score (nSPS) is 11.1. The average Bonchev–Trinajstić information content (AvgIpc) is 2.84. The Bertz CT molecular complexity index is 654. The van der Waals surface area contributed by atoms with Gasteiger partial charge in [0.15, 0.2) is 5.76 Å². The molecule has 0 aliphatic rings. The number of nitrogen functional groups attached to an aromatic ring is 1. The number of anilines is 1. The van der Waals surface area contributed by atoms with Crippen LogP contribution in [-0.4, -0.2) is 5.16 Å². The van der Waals surface area contributed by atoms with Crippen LogP contribution < -0.4 is 5.73 Å². The summed E-state index contributed by atoms with van der Waals surface area (Å²) in [6, 6.07) is 8.34. The summed E-state index contributed by atoms with van der Waals surface area (Å²) < 4.78 is 6.43. The summed E-state index contributed by atoms with van der Waals surface area (Å²) in [5.41, 5.74) is 7.64. The first kappa shape index (κ1) is 9.42. The number of hydrogen-bond donors (Lipinski definition) is 1. The Labute approximate surface area is 96.5 Å². The molecule has 0 aliphatic carbocycles. The molecule has 3 nitrogen and oxygen atoms in total. The van der Waals surface area contributed by atoms with E-state index in [4.69, 9.17) is 10.3 Å². The zero-order chi connectivity index (χ0) is 11.1. The predicted molar refractivity (Wildman–Crippen MR) is 66.5 cm³/mol. The van der Waals surface area contributed by atoms with Crippen molar-refractivity contribution < 1.29 is 4.52 Å². The van der Waals surface area contributed by atoms with Crippen molar-refractivity contribution in [1.82, 2.24) is 5.16 Å². The molecule has 0 saturated heterocycles. The second-order valence-corrected chi connectivity index (χ2v) is 4.77. The molecule has 3 aromatic rings. The van der Waals surface area contributed by atoms with Gasteiger partial charge >= 0.3 is 0 Å². The van der Waals surface area contributed by atoms with Crippen molar-refractivity contribution in [2.75, 3.05) is 5.73 Å². The summed E-state index contributed by atoms with van der Waals surface area (Å²) in [5.74, 6) is 0.667. The molecule has 0 spiro atoms. The molecule has 0 radical (unpaired) electrons. The van der Waals surface area contributed by atoms with E-state index in [2.05, 4.69) is 36.3 Å². The predicted octanol–water partition coefficient (Wildman–Crippen LogP) is 3.45. The standard InChI is InChI=1S/C12H10N2OS/c1-7-3-2-4-8-5-10(16-12(7)8)11-9(13)6-14-15-11/h2-6H,13H2,1H3. The van der Waals surface area contributed by atoms with Crippen LogP contribution in [0.5, 0.6) is 0 Å². The molecule has 2 heterocycles. The van der Waals surface area contributed by atoms with Crippen molar-refractivity contribution in [3.8, 4) is 10.6 Å². The Hall–Kier alpha value is -1.81. The number of rotatable bonds is 1. The van der Waals surface area contributed by atoms with Crippen LogP contribution in [0.25, 0.3) is 20.7 Å². The van der Waals surface area contributed by atoms with Crippen molar-refractivity contribution in [1.29, 1.82) is 0 Å². The molecule has 80 valence electrons. The first-order chi connectivity index (χ1) is 7.75. The van der Waals surface area contributed by atoms with Crippen molar-refractivity contribution >= 4 is 27.1 Å². The molecule has 2 N–H and O–H groups in total. The van der Waals surface area contributed by atoms with Gasteiger partial charge in [-0.05, 0) is 23.9 Å². The average molecular weight is 230 g/mol. The molecule has 0 atom stereocenters. The number of nitrogens with zero attached hydrogens (tertiary/aromatic N) is 1. The molecule has 1 aromatic carbocycles. The van der Waals surface area contributed by atoms with Crippen LogP contribution in [0.1, 0.15) is 5.56 Å². The fourth-order valence-electron chi connectivity index (χ4n) is 1.76. The van der Waals surface area contributed by atoms with Crippen LogP contribution in [0.15, 0.2) is 35.0 Å². The lowest BCUT2D eigenvalue weighted by Gasteiger charge is -1.92. The summed E-state index contributed by atoms with van der Waals surface area (Å²) in [5, 5.41) is 4.92. The van der Waals surface area contributed by atoms with E-state index in [0.717, 1.165) is 4.88 Å². The van der Waals surface area contributed by atoms with Crippen LogP contribution >= 0.6 is 11.3 Å². The lowest BCUT2D eigenvalue weighted by molar-refractivity contribution is 0.433. The Kier molecular flexibility index (Phi) is 1.97. The number of nitrogens with two attached hydrogens (primary N) is 1. The van der Waals surface area contributed by atoms with Crippen LogP contribution in [0.4, 0.5) is 5.69 Å². The lowest BCUT2D eigenvalue weighted by atomic mass is 10.2. The number of hydrogen-bond acceptors (Lipinski definition) is 4. The number of thiophene rings is 1. The van der Waals surface area contributed by atoms with Gasteiger partial charge in [-0.15, -0.1) is 11.3 Å². The maximum Gasteiger partial charge on any atom is 0.199 e. The van der Waals surface area contributed by atoms with Crippen molar-refractivity contribution in [3.05, 3.63) is 36.0 Å². The van der Waals surface area contributed by atoms with Crippen molar-refractivity contribution in [2.24, 2.45) is 0 Å². The van der Waals surface area contributed by atoms with E-state index < -0.39 is 0 Å². The molecule has 0 aliphatic heterocycles. The molecule has 4 heteroatoms. The molecular formula is C12H10N2OS. The summed E-state index contributed by atoms with van der Waals surface area (Å²) in [4.78, 5) is 1.03. The molecule has 0 amide bonds. The fourth-order valence-corrected chi connectivity index (χ4v) is 2.88. The summed E-state index contributed by atoms with van der Waals surface area (Å²) in [6.45, 7) is 2.10. The molecule has 2 aromatic heterocycles. The van der Waals surface area contributed by atoms with Crippen molar-refractivity contribution in [3.63, 3.8) is 0 Å². The Balaban J connectivity index is 2.27. The number of aromatic nitrogens is 1. The smallest absolute Gasteiger partial charge is 0.199 e. The highest BCUT2D eigenvalue weighted by Crippen LogP contribution is 2.37. The fraction of sp³-hybridized carbons (Fsp3) is 0.0833. The highest BCUT2D eigenvalue weighted by Gasteiger charge is 2.12.